The molecule has 0 amide bonds. The van der Waals surface area contributed by atoms with Gasteiger partial charge in [-0.05, 0) is 30.7 Å². The van der Waals surface area contributed by atoms with Crippen molar-refractivity contribution >= 4 is 16.5 Å². The van der Waals surface area contributed by atoms with Crippen molar-refractivity contribution in [2.45, 2.75) is 6.92 Å². The van der Waals surface area contributed by atoms with E-state index in [9.17, 15) is 10.1 Å². The van der Waals surface area contributed by atoms with E-state index in [-0.39, 0.29) is 11.2 Å². The van der Waals surface area contributed by atoms with Gasteiger partial charge in [0, 0.05) is 10.9 Å². The maximum Gasteiger partial charge on any atom is 0.281 e. The molecule has 0 aliphatic carbocycles. The molecule has 0 atom stereocenters. The number of hydrogen-bond acceptors (Lipinski definition) is 4. The van der Waals surface area contributed by atoms with Crippen LogP contribution in [-0.2, 0) is 0 Å². The minimum Gasteiger partial charge on any atom is -0.397 e. The summed E-state index contributed by atoms with van der Waals surface area (Å²) < 4.78 is 1.31. The van der Waals surface area contributed by atoms with Crippen molar-refractivity contribution in [2.75, 3.05) is 5.73 Å². The molecule has 0 aliphatic rings. The first kappa shape index (κ1) is 16.6. The van der Waals surface area contributed by atoms with Gasteiger partial charge in [-0.2, -0.15) is 15.0 Å². The molecule has 5 nitrogen and oxygen atoms in total. The van der Waals surface area contributed by atoms with E-state index < -0.39 is 0 Å². The van der Waals surface area contributed by atoms with E-state index in [0.29, 0.717) is 27.6 Å². The molecule has 130 valence electrons. The fraction of sp³-hybridized carbons (Fsp3) is 0.0455. The van der Waals surface area contributed by atoms with Crippen LogP contribution in [-0.4, -0.2) is 9.78 Å². The number of rotatable bonds is 2. The Morgan fingerprint density at radius 2 is 1.78 bits per heavy atom. The van der Waals surface area contributed by atoms with Crippen molar-refractivity contribution in [3.63, 3.8) is 0 Å². The number of aryl methyl sites for hydroxylation is 1. The smallest absolute Gasteiger partial charge is 0.281 e. The SMILES string of the molecule is Cc1ccc(-n2ncc3cc(-c4ccccc4)c(C#N)c(N)c3c2=O)cc1. The van der Waals surface area contributed by atoms with Crippen molar-refractivity contribution in [3.8, 4) is 22.9 Å². The van der Waals surface area contributed by atoms with E-state index >= 15 is 0 Å². The fourth-order valence-corrected chi connectivity index (χ4v) is 3.18. The van der Waals surface area contributed by atoms with E-state index in [0.717, 1.165) is 11.1 Å². The highest BCUT2D eigenvalue weighted by Gasteiger charge is 2.17. The lowest BCUT2D eigenvalue weighted by Gasteiger charge is -2.12. The molecule has 0 saturated heterocycles. The van der Waals surface area contributed by atoms with Crippen LogP contribution in [0.3, 0.4) is 0 Å². The summed E-state index contributed by atoms with van der Waals surface area (Å²) in [5, 5.41) is 14.9. The molecule has 1 aromatic heterocycles. The van der Waals surface area contributed by atoms with Crippen LogP contribution in [0.5, 0.6) is 0 Å². The molecule has 0 spiro atoms. The Balaban J connectivity index is 2.02. The summed E-state index contributed by atoms with van der Waals surface area (Å²) in [6.45, 7) is 1.97. The lowest BCUT2D eigenvalue weighted by molar-refractivity contribution is 0.821. The highest BCUT2D eigenvalue weighted by atomic mass is 16.1. The summed E-state index contributed by atoms with van der Waals surface area (Å²) in [4.78, 5) is 13.1. The van der Waals surface area contributed by atoms with E-state index in [4.69, 9.17) is 5.73 Å². The van der Waals surface area contributed by atoms with E-state index in [1.165, 1.54) is 4.68 Å². The Labute approximate surface area is 155 Å². The minimum atomic E-state index is -0.343. The minimum absolute atomic E-state index is 0.183. The Hall–Kier alpha value is -3.91. The summed E-state index contributed by atoms with van der Waals surface area (Å²) >= 11 is 0. The van der Waals surface area contributed by atoms with Crippen molar-refractivity contribution in [3.05, 3.63) is 88.3 Å². The lowest BCUT2D eigenvalue weighted by atomic mass is 9.95. The number of nitriles is 1. The number of benzene rings is 3. The molecule has 1 heterocycles. The predicted octanol–water partition coefficient (Wildman–Crippen LogP) is 3.82. The quantitative estimate of drug-likeness (QED) is 0.556. The number of anilines is 1. The Bertz CT molecular complexity index is 1250. The molecule has 0 saturated carbocycles. The van der Waals surface area contributed by atoms with E-state index in [2.05, 4.69) is 11.2 Å². The van der Waals surface area contributed by atoms with Crippen LogP contribution >= 0.6 is 0 Å². The van der Waals surface area contributed by atoms with Gasteiger partial charge in [-0.25, -0.2) is 0 Å². The van der Waals surface area contributed by atoms with E-state index in [1.807, 2.05) is 61.5 Å². The molecule has 5 heteroatoms. The zero-order valence-corrected chi connectivity index (χ0v) is 14.7. The fourth-order valence-electron chi connectivity index (χ4n) is 3.18. The van der Waals surface area contributed by atoms with Gasteiger partial charge < -0.3 is 5.73 Å². The Morgan fingerprint density at radius 1 is 1.07 bits per heavy atom. The van der Waals surface area contributed by atoms with E-state index in [1.54, 1.807) is 12.3 Å². The zero-order chi connectivity index (χ0) is 19.0. The summed E-state index contributed by atoms with van der Waals surface area (Å²) in [5.74, 6) is 0. The second kappa shape index (κ2) is 6.43. The first-order valence-corrected chi connectivity index (χ1v) is 8.47. The summed E-state index contributed by atoms with van der Waals surface area (Å²) in [5.41, 5.74) is 9.71. The van der Waals surface area contributed by atoms with Crippen LogP contribution in [0.1, 0.15) is 11.1 Å². The van der Waals surface area contributed by atoms with Gasteiger partial charge in [0.25, 0.3) is 5.56 Å². The molecule has 4 aromatic rings. The number of aromatic nitrogens is 2. The van der Waals surface area contributed by atoms with Gasteiger partial charge in [0.05, 0.1) is 28.5 Å². The van der Waals surface area contributed by atoms with Gasteiger partial charge in [0.1, 0.15) is 6.07 Å². The van der Waals surface area contributed by atoms with Gasteiger partial charge in [-0.3, -0.25) is 4.79 Å². The van der Waals surface area contributed by atoms with Gasteiger partial charge in [-0.15, -0.1) is 0 Å². The topological polar surface area (TPSA) is 84.7 Å². The van der Waals surface area contributed by atoms with Crippen molar-refractivity contribution < 1.29 is 0 Å². The van der Waals surface area contributed by atoms with Crippen LogP contribution < -0.4 is 11.3 Å². The van der Waals surface area contributed by atoms with Crippen LogP contribution in [0.25, 0.3) is 27.6 Å². The summed E-state index contributed by atoms with van der Waals surface area (Å²) in [6, 6.07) is 20.9. The maximum absolute atomic E-state index is 13.1. The third kappa shape index (κ3) is 2.74. The van der Waals surface area contributed by atoms with Crippen LogP contribution in [0, 0.1) is 18.3 Å². The molecule has 2 N–H and O–H groups in total. The number of hydrogen-bond donors (Lipinski definition) is 1. The van der Waals surface area contributed by atoms with Gasteiger partial charge in [0.2, 0.25) is 0 Å². The van der Waals surface area contributed by atoms with Crippen molar-refractivity contribution in [1.82, 2.24) is 9.78 Å². The average Bonchev–Trinajstić information content (AvgIpc) is 2.69. The highest BCUT2D eigenvalue weighted by Crippen LogP contribution is 2.32. The van der Waals surface area contributed by atoms with Crippen molar-refractivity contribution in [1.29, 1.82) is 5.26 Å². The predicted molar refractivity (Wildman–Crippen MR) is 107 cm³/mol. The highest BCUT2D eigenvalue weighted by molar-refractivity contribution is 6.00. The average molecular weight is 352 g/mol. The molecule has 27 heavy (non-hydrogen) atoms. The van der Waals surface area contributed by atoms with Gasteiger partial charge in [-0.1, -0.05) is 48.0 Å². The molecule has 0 unspecified atom stereocenters. The number of nitrogens with zero attached hydrogens (tertiary/aromatic N) is 3. The monoisotopic (exact) mass is 352 g/mol. The second-order valence-corrected chi connectivity index (χ2v) is 6.35. The molecule has 0 bridgehead atoms. The summed E-state index contributed by atoms with van der Waals surface area (Å²) in [7, 11) is 0. The standard InChI is InChI=1S/C22H16N4O/c1-14-7-9-17(10-8-14)26-22(27)20-16(13-25-26)11-18(19(12-23)21(20)24)15-5-3-2-4-6-15/h2-11,13H,24H2,1H3. The zero-order valence-electron chi connectivity index (χ0n) is 14.7. The second-order valence-electron chi connectivity index (χ2n) is 6.35. The third-order valence-corrected chi connectivity index (χ3v) is 4.59. The molecule has 3 aromatic carbocycles. The number of nitrogens with two attached hydrogens (primary N) is 1. The lowest BCUT2D eigenvalue weighted by Crippen LogP contribution is -2.22. The van der Waals surface area contributed by atoms with Crippen LogP contribution in [0.15, 0.2) is 71.7 Å². The molecular formula is C22H16N4O. The first-order chi connectivity index (χ1) is 13.1. The molecule has 4 rings (SSSR count). The van der Waals surface area contributed by atoms with Gasteiger partial charge in [0.15, 0.2) is 0 Å². The molecule has 0 aliphatic heterocycles. The Morgan fingerprint density at radius 3 is 2.44 bits per heavy atom. The molecular weight excluding hydrogens is 336 g/mol. The van der Waals surface area contributed by atoms with Crippen LogP contribution in [0.4, 0.5) is 5.69 Å². The van der Waals surface area contributed by atoms with Crippen molar-refractivity contribution in [2.24, 2.45) is 0 Å². The first-order valence-electron chi connectivity index (χ1n) is 8.47. The van der Waals surface area contributed by atoms with Crippen LogP contribution in [0.2, 0.25) is 0 Å². The maximum atomic E-state index is 13.1. The Kier molecular flexibility index (Phi) is 3.94. The number of nitrogen functional groups attached to an aromatic ring is 1. The summed E-state index contributed by atoms with van der Waals surface area (Å²) in [6.07, 6.45) is 1.61. The molecule has 0 radical (unpaired) electrons. The largest absolute Gasteiger partial charge is 0.397 e. The third-order valence-electron chi connectivity index (χ3n) is 4.59. The normalized spacial score (nSPS) is 10.7. The number of fused-ring (bicyclic) bond motifs is 1. The van der Waals surface area contributed by atoms with Gasteiger partial charge >= 0.3 is 0 Å². The molecule has 0 fully saturated rings.